The molecule has 0 aromatic carbocycles. The lowest BCUT2D eigenvalue weighted by Crippen LogP contribution is -2.29. The zero-order valence-electron chi connectivity index (χ0n) is 8.10. The van der Waals surface area contributed by atoms with E-state index in [1.54, 1.807) is 0 Å². The summed E-state index contributed by atoms with van der Waals surface area (Å²) in [6, 6.07) is 0.656. The second-order valence-electron chi connectivity index (χ2n) is 3.63. The highest BCUT2D eigenvalue weighted by molar-refractivity contribution is 5.82. The van der Waals surface area contributed by atoms with Gasteiger partial charge in [0.05, 0.1) is 6.54 Å². The molecule has 0 radical (unpaired) electrons. The molecule has 0 aliphatic heterocycles. The molecule has 1 saturated carbocycles. The van der Waals surface area contributed by atoms with Gasteiger partial charge in [0.25, 0.3) is 0 Å². The summed E-state index contributed by atoms with van der Waals surface area (Å²) in [6.07, 6.45) is 4.50. The van der Waals surface area contributed by atoms with Crippen LogP contribution in [0.5, 0.6) is 0 Å². The maximum atomic E-state index is 11.5. The lowest BCUT2D eigenvalue weighted by Gasteiger charge is -2.10. The molecule has 1 fully saturated rings. The number of hydrogen-bond acceptors (Lipinski definition) is 2. The minimum absolute atomic E-state index is 0.288. The largest absolute Gasteiger partial charge is 0.307 e. The normalized spacial score (nSPS) is 16.9. The van der Waals surface area contributed by atoms with Gasteiger partial charge in [-0.25, -0.2) is 0 Å². The number of carbonyl (C=O) groups excluding carboxylic acids is 1. The SMILES string of the molecule is CCC(CC)C(=O)CNC1CC1. The van der Waals surface area contributed by atoms with Crippen LogP contribution in [0.15, 0.2) is 0 Å². The van der Waals surface area contributed by atoms with E-state index in [-0.39, 0.29) is 5.92 Å². The van der Waals surface area contributed by atoms with Gasteiger partial charge < -0.3 is 5.32 Å². The van der Waals surface area contributed by atoms with Crippen LogP contribution in [0.4, 0.5) is 0 Å². The van der Waals surface area contributed by atoms with E-state index in [0.717, 1.165) is 12.8 Å². The van der Waals surface area contributed by atoms with Crippen molar-refractivity contribution in [2.75, 3.05) is 6.54 Å². The monoisotopic (exact) mass is 169 g/mol. The van der Waals surface area contributed by atoms with E-state index in [0.29, 0.717) is 18.4 Å². The van der Waals surface area contributed by atoms with E-state index in [4.69, 9.17) is 0 Å². The van der Waals surface area contributed by atoms with E-state index in [9.17, 15) is 4.79 Å². The molecule has 12 heavy (non-hydrogen) atoms. The second kappa shape index (κ2) is 4.61. The van der Waals surface area contributed by atoms with Crippen LogP contribution in [0.1, 0.15) is 39.5 Å². The topological polar surface area (TPSA) is 29.1 Å². The van der Waals surface area contributed by atoms with Crippen molar-refractivity contribution in [2.24, 2.45) is 5.92 Å². The molecular formula is C10H19NO. The Bertz CT molecular complexity index is 148. The van der Waals surface area contributed by atoms with Crippen LogP contribution in [0.3, 0.4) is 0 Å². The van der Waals surface area contributed by atoms with Crippen molar-refractivity contribution in [3.05, 3.63) is 0 Å². The molecule has 2 heteroatoms. The first-order chi connectivity index (χ1) is 5.77. The van der Waals surface area contributed by atoms with Crippen LogP contribution in [-0.2, 0) is 4.79 Å². The predicted molar refractivity (Wildman–Crippen MR) is 50.1 cm³/mol. The molecule has 0 saturated heterocycles. The number of hydrogen-bond donors (Lipinski definition) is 1. The molecular weight excluding hydrogens is 150 g/mol. The number of rotatable bonds is 6. The molecule has 0 aromatic heterocycles. The van der Waals surface area contributed by atoms with Crippen molar-refractivity contribution in [3.8, 4) is 0 Å². The van der Waals surface area contributed by atoms with E-state index in [2.05, 4.69) is 19.2 Å². The van der Waals surface area contributed by atoms with Crippen molar-refractivity contribution < 1.29 is 4.79 Å². The first-order valence-electron chi connectivity index (χ1n) is 5.04. The van der Waals surface area contributed by atoms with E-state index in [1.165, 1.54) is 12.8 Å². The molecule has 0 heterocycles. The third-order valence-corrected chi connectivity index (χ3v) is 2.58. The molecule has 1 aliphatic rings. The Morgan fingerprint density at radius 2 is 2.00 bits per heavy atom. The fourth-order valence-corrected chi connectivity index (χ4v) is 1.42. The van der Waals surface area contributed by atoms with Crippen LogP contribution in [0, 0.1) is 5.92 Å². The second-order valence-corrected chi connectivity index (χ2v) is 3.63. The van der Waals surface area contributed by atoms with E-state index in [1.807, 2.05) is 0 Å². The van der Waals surface area contributed by atoms with E-state index >= 15 is 0 Å². The van der Waals surface area contributed by atoms with Gasteiger partial charge in [0.1, 0.15) is 5.78 Å². The zero-order chi connectivity index (χ0) is 8.97. The number of carbonyl (C=O) groups is 1. The first kappa shape index (κ1) is 9.72. The molecule has 1 aliphatic carbocycles. The number of nitrogens with one attached hydrogen (secondary N) is 1. The van der Waals surface area contributed by atoms with Crippen LogP contribution < -0.4 is 5.32 Å². The lowest BCUT2D eigenvalue weighted by molar-refractivity contribution is -0.122. The molecule has 70 valence electrons. The summed E-state index contributed by atoms with van der Waals surface area (Å²) >= 11 is 0. The van der Waals surface area contributed by atoms with Crippen molar-refractivity contribution in [1.29, 1.82) is 0 Å². The summed E-state index contributed by atoms with van der Waals surface area (Å²) in [5.41, 5.74) is 0. The lowest BCUT2D eigenvalue weighted by atomic mass is 9.98. The van der Waals surface area contributed by atoms with Gasteiger partial charge >= 0.3 is 0 Å². The molecule has 2 nitrogen and oxygen atoms in total. The van der Waals surface area contributed by atoms with Crippen molar-refractivity contribution in [1.82, 2.24) is 5.32 Å². The molecule has 1 N–H and O–H groups in total. The van der Waals surface area contributed by atoms with Gasteiger partial charge in [0.2, 0.25) is 0 Å². The van der Waals surface area contributed by atoms with Crippen molar-refractivity contribution >= 4 is 5.78 Å². The molecule has 0 aromatic rings. The standard InChI is InChI=1S/C10H19NO/c1-3-8(4-2)10(12)7-11-9-5-6-9/h8-9,11H,3-7H2,1-2H3. The highest BCUT2D eigenvalue weighted by atomic mass is 16.1. The minimum Gasteiger partial charge on any atom is -0.307 e. The maximum Gasteiger partial charge on any atom is 0.149 e. The van der Waals surface area contributed by atoms with Crippen LogP contribution in [0.2, 0.25) is 0 Å². The molecule has 0 atom stereocenters. The van der Waals surface area contributed by atoms with Gasteiger partial charge in [-0.3, -0.25) is 4.79 Å². The predicted octanol–water partition coefficient (Wildman–Crippen LogP) is 1.74. The highest BCUT2D eigenvalue weighted by Gasteiger charge is 2.22. The minimum atomic E-state index is 0.288. The summed E-state index contributed by atoms with van der Waals surface area (Å²) in [5.74, 6) is 0.683. The maximum absolute atomic E-state index is 11.5. The van der Waals surface area contributed by atoms with Crippen molar-refractivity contribution in [3.63, 3.8) is 0 Å². The summed E-state index contributed by atoms with van der Waals surface area (Å²) in [7, 11) is 0. The molecule has 0 amide bonds. The number of Topliss-reactive ketones (excluding diaryl/α,β-unsaturated/α-hetero) is 1. The third kappa shape index (κ3) is 2.94. The molecule has 0 spiro atoms. The summed E-state index contributed by atoms with van der Waals surface area (Å²) in [5, 5.41) is 3.26. The van der Waals surface area contributed by atoms with E-state index < -0.39 is 0 Å². The molecule has 0 unspecified atom stereocenters. The quantitative estimate of drug-likeness (QED) is 0.656. The first-order valence-corrected chi connectivity index (χ1v) is 5.04. The smallest absolute Gasteiger partial charge is 0.149 e. The Balaban J connectivity index is 2.15. The average molecular weight is 169 g/mol. The van der Waals surface area contributed by atoms with Gasteiger partial charge in [0.15, 0.2) is 0 Å². The zero-order valence-corrected chi connectivity index (χ0v) is 8.10. The Kier molecular flexibility index (Phi) is 3.73. The average Bonchev–Trinajstić information content (AvgIpc) is 2.86. The highest BCUT2D eigenvalue weighted by Crippen LogP contribution is 2.18. The van der Waals surface area contributed by atoms with Crippen LogP contribution in [-0.4, -0.2) is 18.4 Å². The van der Waals surface area contributed by atoms with Gasteiger partial charge in [-0.1, -0.05) is 13.8 Å². The van der Waals surface area contributed by atoms with Gasteiger partial charge in [-0.15, -0.1) is 0 Å². The van der Waals surface area contributed by atoms with Gasteiger partial charge in [-0.05, 0) is 25.7 Å². The Morgan fingerprint density at radius 1 is 1.42 bits per heavy atom. The van der Waals surface area contributed by atoms with Crippen LogP contribution in [0.25, 0.3) is 0 Å². The van der Waals surface area contributed by atoms with Crippen molar-refractivity contribution in [2.45, 2.75) is 45.6 Å². The third-order valence-electron chi connectivity index (χ3n) is 2.58. The van der Waals surface area contributed by atoms with Gasteiger partial charge in [0, 0.05) is 12.0 Å². The van der Waals surface area contributed by atoms with Crippen LogP contribution >= 0.6 is 0 Å². The Morgan fingerprint density at radius 3 is 2.42 bits per heavy atom. The summed E-state index contributed by atoms with van der Waals surface area (Å²) in [6.45, 7) is 4.77. The summed E-state index contributed by atoms with van der Waals surface area (Å²) in [4.78, 5) is 11.5. The van der Waals surface area contributed by atoms with Gasteiger partial charge in [-0.2, -0.15) is 0 Å². The Labute approximate surface area is 74.7 Å². The fourth-order valence-electron chi connectivity index (χ4n) is 1.42. The number of ketones is 1. The molecule has 0 bridgehead atoms. The Hall–Kier alpha value is -0.370. The fraction of sp³-hybridized carbons (Fsp3) is 0.900. The molecule has 1 rings (SSSR count). The summed E-state index contributed by atoms with van der Waals surface area (Å²) < 4.78 is 0.